The number of phenols is 1. The molecule has 1 fully saturated rings. The van der Waals surface area contributed by atoms with Gasteiger partial charge in [-0.2, -0.15) is 5.10 Å². The summed E-state index contributed by atoms with van der Waals surface area (Å²) in [5, 5.41) is 16.2. The van der Waals surface area contributed by atoms with Crippen molar-refractivity contribution in [2.24, 2.45) is 11.0 Å². The van der Waals surface area contributed by atoms with Gasteiger partial charge in [0.1, 0.15) is 5.75 Å². The fourth-order valence-corrected chi connectivity index (χ4v) is 4.96. The van der Waals surface area contributed by atoms with Gasteiger partial charge in [0.15, 0.2) is 0 Å². The lowest BCUT2D eigenvalue weighted by Crippen LogP contribution is -2.33. The molecular weight excluding hydrogens is 446 g/mol. The van der Waals surface area contributed by atoms with Crippen LogP contribution in [0.15, 0.2) is 96.1 Å². The Bertz CT molecular complexity index is 1340. The zero-order valence-corrected chi connectivity index (χ0v) is 20.3. The molecule has 0 saturated carbocycles. The lowest BCUT2D eigenvalue weighted by molar-refractivity contribution is 0.0955. The third-order valence-electron chi connectivity index (χ3n) is 7.00. The van der Waals surface area contributed by atoms with E-state index in [9.17, 15) is 9.90 Å². The third-order valence-corrected chi connectivity index (χ3v) is 7.00. The van der Waals surface area contributed by atoms with Crippen molar-refractivity contribution in [3.63, 3.8) is 0 Å². The maximum Gasteiger partial charge on any atom is 0.271 e. The van der Waals surface area contributed by atoms with Gasteiger partial charge in [0.2, 0.25) is 0 Å². The summed E-state index contributed by atoms with van der Waals surface area (Å²) in [6.45, 7) is 3.11. The number of amides is 1. The van der Waals surface area contributed by atoms with Crippen molar-refractivity contribution in [1.82, 2.24) is 10.3 Å². The van der Waals surface area contributed by atoms with Crippen LogP contribution in [0.5, 0.6) is 5.75 Å². The van der Waals surface area contributed by atoms with Crippen LogP contribution in [0.4, 0.5) is 0 Å². The summed E-state index contributed by atoms with van der Waals surface area (Å²) in [6.07, 6.45) is 5.10. The molecule has 1 aliphatic heterocycles. The Hall–Kier alpha value is -3.96. The highest BCUT2D eigenvalue weighted by Crippen LogP contribution is 2.25. The first-order valence-corrected chi connectivity index (χ1v) is 12.5. The van der Waals surface area contributed by atoms with Gasteiger partial charge in [-0.05, 0) is 78.4 Å². The molecule has 0 aliphatic carbocycles. The molecule has 1 heterocycles. The van der Waals surface area contributed by atoms with Gasteiger partial charge in [-0.1, -0.05) is 72.8 Å². The average Bonchev–Trinajstić information content (AvgIpc) is 2.92. The largest absolute Gasteiger partial charge is 0.507 e. The SMILES string of the molecule is O=C(NN=Cc1c(O)ccc2ccccc12)c1ccc(CN2CCC(Cc3ccccc3)CC2)cc1. The number of nitrogens with zero attached hydrogens (tertiary/aromatic N) is 2. The summed E-state index contributed by atoms with van der Waals surface area (Å²) in [7, 11) is 0. The summed E-state index contributed by atoms with van der Waals surface area (Å²) in [5.74, 6) is 0.602. The maximum absolute atomic E-state index is 12.6. The van der Waals surface area contributed by atoms with Crippen LogP contribution in [-0.4, -0.2) is 35.2 Å². The number of fused-ring (bicyclic) bond motifs is 1. The lowest BCUT2D eigenvalue weighted by atomic mass is 9.90. The minimum Gasteiger partial charge on any atom is -0.507 e. The molecule has 182 valence electrons. The van der Waals surface area contributed by atoms with Gasteiger partial charge in [-0.15, -0.1) is 0 Å². The molecule has 4 aromatic carbocycles. The monoisotopic (exact) mass is 477 g/mol. The van der Waals surface area contributed by atoms with E-state index in [0.29, 0.717) is 11.1 Å². The number of nitrogens with one attached hydrogen (secondary N) is 1. The van der Waals surface area contributed by atoms with Gasteiger partial charge >= 0.3 is 0 Å². The summed E-state index contributed by atoms with van der Waals surface area (Å²) < 4.78 is 0. The predicted molar refractivity (Wildman–Crippen MR) is 145 cm³/mol. The second-order valence-corrected chi connectivity index (χ2v) is 9.52. The number of hydrogen-bond acceptors (Lipinski definition) is 4. The van der Waals surface area contributed by atoms with Crippen molar-refractivity contribution in [3.05, 3.63) is 113 Å². The van der Waals surface area contributed by atoms with E-state index >= 15 is 0 Å². The van der Waals surface area contributed by atoms with Gasteiger partial charge in [0.25, 0.3) is 5.91 Å². The molecule has 1 amide bonds. The van der Waals surface area contributed by atoms with Crippen LogP contribution in [0.25, 0.3) is 10.8 Å². The number of benzene rings is 4. The lowest BCUT2D eigenvalue weighted by Gasteiger charge is -2.32. The highest BCUT2D eigenvalue weighted by molar-refractivity contribution is 6.03. The van der Waals surface area contributed by atoms with E-state index in [1.807, 2.05) is 54.6 Å². The van der Waals surface area contributed by atoms with Gasteiger partial charge in [-0.3, -0.25) is 9.69 Å². The molecule has 2 N–H and O–H groups in total. The fourth-order valence-electron chi connectivity index (χ4n) is 4.96. The van der Waals surface area contributed by atoms with E-state index in [2.05, 4.69) is 45.8 Å². The first-order valence-electron chi connectivity index (χ1n) is 12.5. The van der Waals surface area contributed by atoms with E-state index in [0.717, 1.165) is 36.3 Å². The number of phenolic OH excluding ortho intramolecular Hbond substituents is 1. The fraction of sp³-hybridized carbons (Fsp3) is 0.226. The molecular formula is C31H31N3O2. The molecule has 0 aromatic heterocycles. The molecule has 5 heteroatoms. The highest BCUT2D eigenvalue weighted by Gasteiger charge is 2.19. The zero-order chi connectivity index (χ0) is 24.7. The van der Waals surface area contributed by atoms with Crippen molar-refractivity contribution >= 4 is 22.9 Å². The number of rotatable bonds is 7. The number of carbonyl (C=O) groups excluding carboxylic acids is 1. The van der Waals surface area contributed by atoms with E-state index in [-0.39, 0.29) is 11.7 Å². The first-order chi connectivity index (χ1) is 17.7. The van der Waals surface area contributed by atoms with E-state index in [4.69, 9.17) is 0 Å². The molecule has 1 saturated heterocycles. The summed E-state index contributed by atoms with van der Waals surface area (Å²) >= 11 is 0. The Kier molecular flexibility index (Phi) is 7.39. The van der Waals surface area contributed by atoms with Crippen molar-refractivity contribution in [2.75, 3.05) is 13.1 Å². The molecule has 36 heavy (non-hydrogen) atoms. The smallest absolute Gasteiger partial charge is 0.271 e. The number of hydrazone groups is 1. The average molecular weight is 478 g/mol. The first kappa shape index (κ1) is 23.8. The third kappa shape index (κ3) is 5.81. The topological polar surface area (TPSA) is 64.9 Å². The molecule has 4 aromatic rings. The van der Waals surface area contributed by atoms with Gasteiger partial charge in [-0.25, -0.2) is 5.43 Å². The Balaban J connectivity index is 1.12. The molecule has 5 nitrogen and oxygen atoms in total. The van der Waals surface area contributed by atoms with Crippen molar-refractivity contribution in [1.29, 1.82) is 0 Å². The molecule has 0 radical (unpaired) electrons. The quantitative estimate of drug-likeness (QED) is 0.263. The standard InChI is InChI=1S/C31H31N3O2/c35-30-15-14-26-8-4-5-9-28(26)29(30)21-32-33-31(36)27-12-10-25(11-13-27)22-34-18-16-24(17-19-34)20-23-6-2-1-3-7-23/h1-15,21,24,35H,16-20,22H2,(H,33,36). The second-order valence-electron chi connectivity index (χ2n) is 9.52. The number of carbonyl (C=O) groups is 1. The zero-order valence-electron chi connectivity index (χ0n) is 20.3. The van der Waals surface area contributed by atoms with Crippen LogP contribution in [0.2, 0.25) is 0 Å². The molecule has 5 rings (SSSR count). The molecule has 0 spiro atoms. The molecule has 1 aliphatic rings. The highest BCUT2D eigenvalue weighted by atomic mass is 16.3. The van der Waals surface area contributed by atoms with Gasteiger partial charge in [0.05, 0.1) is 6.21 Å². The number of likely N-dealkylation sites (tertiary alicyclic amines) is 1. The Labute approximate surface area is 212 Å². The van der Waals surface area contributed by atoms with Crippen molar-refractivity contribution < 1.29 is 9.90 Å². The molecule has 0 unspecified atom stereocenters. The molecule has 0 bridgehead atoms. The number of aromatic hydroxyl groups is 1. The summed E-state index contributed by atoms with van der Waals surface area (Å²) in [5.41, 5.74) is 6.35. The van der Waals surface area contributed by atoms with E-state index in [1.165, 1.54) is 36.6 Å². The minimum atomic E-state index is -0.278. The minimum absolute atomic E-state index is 0.125. The van der Waals surface area contributed by atoms with Gasteiger partial charge < -0.3 is 5.11 Å². The van der Waals surface area contributed by atoms with Crippen LogP contribution in [0.3, 0.4) is 0 Å². The number of piperidine rings is 1. The Morgan fingerprint density at radius 3 is 2.39 bits per heavy atom. The van der Waals surface area contributed by atoms with Crippen LogP contribution in [0.1, 0.15) is 39.9 Å². The van der Waals surface area contributed by atoms with Crippen molar-refractivity contribution in [2.45, 2.75) is 25.8 Å². The van der Waals surface area contributed by atoms with Gasteiger partial charge in [0, 0.05) is 17.7 Å². The van der Waals surface area contributed by atoms with E-state index < -0.39 is 0 Å². The van der Waals surface area contributed by atoms with Crippen LogP contribution in [0, 0.1) is 5.92 Å². The normalized spacial score (nSPS) is 14.9. The van der Waals surface area contributed by atoms with Crippen LogP contribution in [-0.2, 0) is 13.0 Å². The Morgan fingerprint density at radius 1 is 0.889 bits per heavy atom. The van der Waals surface area contributed by atoms with Crippen LogP contribution < -0.4 is 5.43 Å². The summed E-state index contributed by atoms with van der Waals surface area (Å²) in [4.78, 5) is 15.1. The summed E-state index contributed by atoms with van der Waals surface area (Å²) in [6, 6.07) is 29.7. The Morgan fingerprint density at radius 2 is 1.61 bits per heavy atom. The van der Waals surface area contributed by atoms with Crippen molar-refractivity contribution in [3.8, 4) is 5.75 Å². The van der Waals surface area contributed by atoms with E-state index in [1.54, 1.807) is 6.07 Å². The second kappa shape index (κ2) is 11.2. The van der Waals surface area contributed by atoms with Crippen LogP contribution >= 0.6 is 0 Å². The predicted octanol–water partition coefficient (Wildman–Crippen LogP) is 5.76. The molecule has 0 atom stereocenters. The maximum atomic E-state index is 12.6. The number of hydrogen-bond donors (Lipinski definition) is 2.